The van der Waals surface area contributed by atoms with E-state index in [9.17, 15) is 0 Å². The van der Waals surface area contributed by atoms with Crippen molar-refractivity contribution in [2.45, 2.75) is 50.7 Å². The Morgan fingerprint density at radius 2 is 2.38 bits per heavy atom. The second kappa shape index (κ2) is 6.32. The molecule has 2 unspecified atom stereocenters. The SMILES string of the molecule is CCCCC1CCSC(CC#N)C1. The van der Waals surface area contributed by atoms with E-state index in [4.69, 9.17) is 5.26 Å². The molecule has 1 saturated heterocycles. The van der Waals surface area contributed by atoms with E-state index in [1.165, 1.54) is 37.9 Å². The molecular weight excluding hydrogens is 178 g/mol. The Morgan fingerprint density at radius 1 is 1.54 bits per heavy atom. The number of nitriles is 1. The third-order valence-corrected chi connectivity index (χ3v) is 4.06. The molecule has 0 radical (unpaired) electrons. The molecule has 0 saturated carbocycles. The number of thioether (sulfide) groups is 1. The zero-order valence-electron chi connectivity index (χ0n) is 8.46. The fourth-order valence-electron chi connectivity index (χ4n) is 1.96. The molecule has 1 fully saturated rings. The van der Waals surface area contributed by atoms with Crippen molar-refractivity contribution in [1.29, 1.82) is 5.26 Å². The molecule has 1 aliphatic heterocycles. The first-order valence-corrected chi connectivity index (χ1v) is 6.40. The van der Waals surface area contributed by atoms with Crippen LogP contribution in [0.4, 0.5) is 0 Å². The van der Waals surface area contributed by atoms with Crippen LogP contribution in [-0.4, -0.2) is 11.0 Å². The van der Waals surface area contributed by atoms with Gasteiger partial charge in [0, 0.05) is 11.7 Å². The maximum atomic E-state index is 8.62. The fraction of sp³-hybridized carbons (Fsp3) is 0.909. The van der Waals surface area contributed by atoms with Crippen molar-refractivity contribution in [3.05, 3.63) is 0 Å². The van der Waals surface area contributed by atoms with Crippen LogP contribution in [0.25, 0.3) is 0 Å². The maximum absolute atomic E-state index is 8.62. The van der Waals surface area contributed by atoms with Crippen LogP contribution in [0.5, 0.6) is 0 Å². The molecule has 1 rings (SSSR count). The van der Waals surface area contributed by atoms with Gasteiger partial charge in [0.05, 0.1) is 6.07 Å². The molecule has 0 spiro atoms. The Bertz CT molecular complexity index is 173. The Kier molecular flexibility index (Phi) is 5.31. The summed E-state index contributed by atoms with van der Waals surface area (Å²) < 4.78 is 0. The van der Waals surface area contributed by atoms with E-state index in [2.05, 4.69) is 13.0 Å². The molecular formula is C11H19NS. The van der Waals surface area contributed by atoms with E-state index >= 15 is 0 Å². The van der Waals surface area contributed by atoms with Gasteiger partial charge < -0.3 is 0 Å². The first-order valence-electron chi connectivity index (χ1n) is 5.35. The lowest BCUT2D eigenvalue weighted by molar-refractivity contribution is 0.409. The van der Waals surface area contributed by atoms with Crippen LogP contribution in [0.1, 0.15) is 45.4 Å². The molecule has 0 aromatic rings. The normalized spacial score (nSPS) is 28.3. The summed E-state index contributed by atoms with van der Waals surface area (Å²) in [6.45, 7) is 2.25. The zero-order valence-corrected chi connectivity index (χ0v) is 9.28. The van der Waals surface area contributed by atoms with Crippen LogP contribution in [0.3, 0.4) is 0 Å². The lowest BCUT2D eigenvalue weighted by Crippen LogP contribution is -2.17. The van der Waals surface area contributed by atoms with Crippen molar-refractivity contribution >= 4 is 11.8 Å². The Balaban J connectivity index is 2.21. The van der Waals surface area contributed by atoms with Crippen LogP contribution in [-0.2, 0) is 0 Å². The van der Waals surface area contributed by atoms with Crippen molar-refractivity contribution in [2.75, 3.05) is 5.75 Å². The van der Waals surface area contributed by atoms with E-state index in [-0.39, 0.29) is 0 Å². The van der Waals surface area contributed by atoms with E-state index in [1.807, 2.05) is 11.8 Å². The molecule has 74 valence electrons. The minimum Gasteiger partial charge on any atom is -0.198 e. The largest absolute Gasteiger partial charge is 0.198 e. The lowest BCUT2D eigenvalue weighted by Gasteiger charge is -2.27. The summed E-state index contributed by atoms with van der Waals surface area (Å²) in [5, 5.41) is 9.26. The number of unbranched alkanes of at least 4 members (excludes halogenated alkanes) is 1. The second-order valence-corrected chi connectivity index (χ2v) is 5.30. The van der Waals surface area contributed by atoms with Crippen LogP contribution < -0.4 is 0 Å². The first-order chi connectivity index (χ1) is 6.36. The van der Waals surface area contributed by atoms with E-state index < -0.39 is 0 Å². The Labute approximate surface area is 85.9 Å². The van der Waals surface area contributed by atoms with Crippen LogP contribution in [0.15, 0.2) is 0 Å². The molecule has 0 aromatic carbocycles. The highest BCUT2D eigenvalue weighted by atomic mass is 32.2. The smallest absolute Gasteiger partial charge is 0.0633 e. The highest BCUT2D eigenvalue weighted by molar-refractivity contribution is 7.99. The van der Waals surface area contributed by atoms with Crippen LogP contribution in [0, 0.1) is 17.2 Å². The number of hydrogen-bond donors (Lipinski definition) is 0. The van der Waals surface area contributed by atoms with Gasteiger partial charge >= 0.3 is 0 Å². The molecule has 0 aliphatic carbocycles. The first kappa shape index (κ1) is 10.9. The van der Waals surface area contributed by atoms with Crippen LogP contribution in [0.2, 0.25) is 0 Å². The van der Waals surface area contributed by atoms with Crippen molar-refractivity contribution < 1.29 is 0 Å². The minimum atomic E-state index is 0.639. The molecule has 0 bridgehead atoms. The van der Waals surface area contributed by atoms with Gasteiger partial charge in [0.2, 0.25) is 0 Å². The van der Waals surface area contributed by atoms with Crippen LogP contribution >= 0.6 is 11.8 Å². The van der Waals surface area contributed by atoms with Gasteiger partial charge in [-0.1, -0.05) is 26.2 Å². The van der Waals surface area contributed by atoms with Gasteiger partial charge in [-0.3, -0.25) is 0 Å². The second-order valence-electron chi connectivity index (χ2n) is 3.89. The van der Waals surface area contributed by atoms with Gasteiger partial charge in [-0.05, 0) is 24.5 Å². The summed E-state index contributed by atoms with van der Waals surface area (Å²) in [5.41, 5.74) is 0. The third-order valence-electron chi connectivity index (χ3n) is 2.76. The molecule has 1 nitrogen and oxygen atoms in total. The topological polar surface area (TPSA) is 23.8 Å². The fourth-order valence-corrected chi connectivity index (χ4v) is 3.36. The predicted molar refractivity (Wildman–Crippen MR) is 58.7 cm³/mol. The quantitative estimate of drug-likeness (QED) is 0.687. The summed E-state index contributed by atoms with van der Waals surface area (Å²) >= 11 is 2.00. The molecule has 1 aliphatic rings. The van der Waals surface area contributed by atoms with E-state index in [1.54, 1.807) is 0 Å². The standard InChI is InChI=1S/C11H19NS/c1-2-3-4-10-6-8-13-11(9-10)5-7-12/h10-11H,2-6,8-9H2,1H3. The number of rotatable bonds is 4. The monoisotopic (exact) mass is 197 g/mol. The van der Waals surface area contributed by atoms with Gasteiger partial charge in [-0.2, -0.15) is 17.0 Å². The molecule has 0 amide bonds. The molecule has 2 atom stereocenters. The summed E-state index contributed by atoms with van der Waals surface area (Å²) in [5.74, 6) is 2.19. The molecule has 0 aromatic heterocycles. The molecule has 2 heteroatoms. The van der Waals surface area contributed by atoms with Gasteiger partial charge in [0.1, 0.15) is 0 Å². The van der Waals surface area contributed by atoms with E-state index in [0.29, 0.717) is 5.25 Å². The summed E-state index contributed by atoms with van der Waals surface area (Å²) in [6.07, 6.45) is 7.50. The Morgan fingerprint density at radius 3 is 3.08 bits per heavy atom. The van der Waals surface area contributed by atoms with Crippen molar-refractivity contribution in [1.82, 2.24) is 0 Å². The zero-order chi connectivity index (χ0) is 9.52. The number of hydrogen-bond acceptors (Lipinski definition) is 2. The highest BCUT2D eigenvalue weighted by Crippen LogP contribution is 2.33. The molecule has 1 heterocycles. The molecule has 13 heavy (non-hydrogen) atoms. The van der Waals surface area contributed by atoms with E-state index in [0.717, 1.165) is 12.3 Å². The Hall–Kier alpha value is -0.160. The minimum absolute atomic E-state index is 0.639. The van der Waals surface area contributed by atoms with Crippen molar-refractivity contribution in [3.8, 4) is 6.07 Å². The van der Waals surface area contributed by atoms with Gasteiger partial charge in [-0.15, -0.1) is 0 Å². The van der Waals surface area contributed by atoms with Crippen molar-refractivity contribution in [3.63, 3.8) is 0 Å². The molecule has 0 N–H and O–H groups in total. The summed E-state index contributed by atoms with van der Waals surface area (Å²) in [7, 11) is 0. The van der Waals surface area contributed by atoms with Gasteiger partial charge in [0.15, 0.2) is 0 Å². The predicted octanol–water partition coefficient (Wildman–Crippen LogP) is 3.60. The summed E-state index contributed by atoms with van der Waals surface area (Å²) in [4.78, 5) is 0. The average Bonchev–Trinajstić information content (AvgIpc) is 2.16. The average molecular weight is 197 g/mol. The lowest BCUT2D eigenvalue weighted by atomic mass is 9.93. The van der Waals surface area contributed by atoms with Gasteiger partial charge in [0.25, 0.3) is 0 Å². The summed E-state index contributed by atoms with van der Waals surface area (Å²) in [6, 6.07) is 2.29. The maximum Gasteiger partial charge on any atom is 0.0633 e. The third kappa shape index (κ3) is 4.04. The van der Waals surface area contributed by atoms with Crippen molar-refractivity contribution in [2.24, 2.45) is 5.92 Å². The highest BCUT2D eigenvalue weighted by Gasteiger charge is 2.21. The van der Waals surface area contributed by atoms with Gasteiger partial charge in [-0.25, -0.2) is 0 Å². The number of nitrogens with zero attached hydrogens (tertiary/aromatic N) is 1.